The Balaban J connectivity index is 1.60. The fourth-order valence-electron chi connectivity index (χ4n) is 3.26. The van der Waals surface area contributed by atoms with Gasteiger partial charge in [-0.15, -0.1) is 0 Å². The molecule has 4 N–H and O–H groups in total. The van der Waals surface area contributed by atoms with Gasteiger partial charge < -0.3 is 25.4 Å². The van der Waals surface area contributed by atoms with Gasteiger partial charge in [0.2, 0.25) is 0 Å². The third-order valence-corrected chi connectivity index (χ3v) is 4.80. The fourth-order valence-corrected chi connectivity index (χ4v) is 3.26. The van der Waals surface area contributed by atoms with E-state index in [0.717, 1.165) is 17.2 Å². The summed E-state index contributed by atoms with van der Waals surface area (Å²) in [5.41, 5.74) is 1.84. The number of aromatic carboxylic acids is 1. The zero-order chi connectivity index (χ0) is 21.4. The maximum Gasteiger partial charge on any atom is 0.338 e. The second-order valence-electron chi connectivity index (χ2n) is 6.81. The van der Waals surface area contributed by atoms with E-state index in [1.807, 2.05) is 6.07 Å². The van der Waals surface area contributed by atoms with E-state index in [0.29, 0.717) is 24.3 Å². The summed E-state index contributed by atoms with van der Waals surface area (Å²) < 4.78 is 5.78. The van der Waals surface area contributed by atoms with Gasteiger partial charge in [0, 0.05) is 6.07 Å². The molecule has 4 rings (SSSR count). The van der Waals surface area contributed by atoms with Gasteiger partial charge >= 0.3 is 5.97 Å². The molecule has 0 unspecified atom stereocenters. The van der Waals surface area contributed by atoms with Crippen molar-refractivity contribution in [2.75, 3.05) is 5.32 Å². The van der Waals surface area contributed by atoms with Crippen molar-refractivity contribution < 1.29 is 29.8 Å². The maximum atomic E-state index is 11.5. The summed E-state index contributed by atoms with van der Waals surface area (Å²) >= 11 is 0. The number of anilines is 2. The topological polar surface area (TPSA) is 142 Å². The van der Waals surface area contributed by atoms with Gasteiger partial charge in [0.1, 0.15) is 0 Å². The SMILES string of the molecule is O=C(O)c1cc([N+](=O)[O-])cc2c1Nc1ccc(CCc3ccc(O)c(O)c3)cc1O2. The molecule has 0 aliphatic carbocycles. The molecule has 0 atom stereocenters. The van der Waals surface area contributed by atoms with Gasteiger partial charge in [0.15, 0.2) is 23.0 Å². The molecule has 1 aliphatic rings. The molecule has 0 saturated carbocycles. The molecule has 1 heterocycles. The largest absolute Gasteiger partial charge is 0.504 e. The van der Waals surface area contributed by atoms with Crippen LogP contribution in [0.4, 0.5) is 17.1 Å². The molecular formula is C21H16N2O7. The molecular weight excluding hydrogens is 392 g/mol. The second-order valence-corrected chi connectivity index (χ2v) is 6.81. The third-order valence-electron chi connectivity index (χ3n) is 4.80. The van der Waals surface area contributed by atoms with Crippen LogP contribution in [0.25, 0.3) is 0 Å². The number of rotatable bonds is 5. The number of aryl methyl sites for hydroxylation is 2. The number of phenols is 2. The summed E-state index contributed by atoms with van der Waals surface area (Å²) in [6.07, 6.45) is 1.22. The van der Waals surface area contributed by atoms with Gasteiger partial charge in [0.05, 0.1) is 27.9 Å². The predicted octanol–water partition coefficient (Wildman–Crippen LogP) is 4.34. The van der Waals surface area contributed by atoms with Crippen LogP contribution in [0, 0.1) is 10.1 Å². The molecule has 3 aromatic rings. The number of carbonyl (C=O) groups is 1. The van der Waals surface area contributed by atoms with E-state index in [4.69, 9.17) is 4.74 Å². The molecule has 0 fully saturated rings. The molecule has 152 valence electrons. The minimum Gasteiger partial charge on any atom is -0.504 e. The Labute approximate surface area is 169 Å². The quantitative estimate of drug-likeness (QED) is 0.217. The zero-order valence-electron chi connectivity index (χ0n) is 15.5. The highest BCUT2D eigenvalue weighted by Gasteiger charge is 2.26. The molecule has 0 bridgehead atoms. The number of hydrogen-bond acceptors (Lipinski definition) is 7. The van der Waals surface area contributed by atoms with E-state index >= 15 is 0 Å². The molecule has 0 saturated heterocycles. The molecule has 0 spiro atoms. The molecule has 1 aliphatic heterocycles. The van der Waals surface area contributed by atoms with Crippen LogP contribution in [-0.2, 0) is 12.8 Å². The van der Waals surface area contributed by atoms with Crippen LogP contribution in [0.5, 0.6) is 23.0 Å². The number of hydrogen-bond donors (Lipinski definition) is 4. The number of ether oxygens (including phenoxy) is 1. The Hall–Kier alpha value is -4.27. The van der Waals surface area contributed by atoms with Crippen molar-refractivity contribution in [3.63, 3.8) is 0 Å². The van der Waals surface area contributed by atoms with E-state index in [1.165, 1.54) is 18.2 Å². The van der Waals surface area contributed by atoms with Gasteiger partial charge in [-0.2, -0.15) is 0 Å². The third kappa shape index (κ3) is 3.55. The Morgan fingerprint density at radius 1 is 0.967 bits per heavy atom. The number of nitrogens with zero attached hydrogens (tertiary/aromatic N) is 1. The van der Waals surface area contributed by atoms with Crippen LogP contribution in [-0.4, -0.2) is 26.2 Å². The number of nitro benzene ring substituents is 1. The highest BCUT2D eigenvalue weighted by molar-refractivity contribution is 5.99. The number of fused-ring (bicyclic) bond motifs is 2. The molecule has 9 heteroatoms. The molecule has 30 heavy (non-hydrogen) atoms. The van der Waals surface area contributed by atoms with Gasteiger partial charge in [-0.1, -0.05) is 12.1 Å². The monoisotopic (exact) mass is 408 g/mol. The van der Waals surface area contributed by atoms with Crippen molar-refractivity contribution in [1.82, 2.24) is 0 Å². The summed E-state index contributed by atoms with van der Waals surface area (Å²) in [4.78, 5) is 22.0. The van der Waals surface area contributed by atoms with Crippen LogP contribution in [0.2, 0.25) is 0 Å². The van der Waals surface area contributed by atoms with E-state index in [-0.39, 0.29) is 34.2 Å². The number of benzene rings is 3. The average Bonchev–Trinajstić information content (AvgIpc) is 2.71. The highest BCUT2D eigenvalue weighted by Crippen LogP contribution is 2.45. The smallest absolute Gasteiger partial charge is 0.338 e. The number of carboxylic acids is 1. The number of phenolic OH excluding ortho intramolecular Hbond substituents is 2. The van der Waals surface area contributed by atoms with Crippen molar-refractivity contribution in [2.45, 2.75) is 12.8 Å². The minimum atomic E-state index is -1.30. The van der Waals surface area contributed by atoms with Gasteiger partial charge in [-0.3, -0.25) is 10.1 Å². The summed E-state index contributed by atoms with van der Waals surface area (Å²) in [5, 5.41) is 42.5. The number of nitrogens with one attached hydrogen (secondary N) is 1. The lowest BCUT2D eigenvalue weighted by Gasteiger charge is -2.23. The first-order valence-corrected chi connectivity index (χ1v) is 8.96. The number of non-ortho nitro benzene ring substituents is 1. The predicted molar refractivity (Wildman–Crippen MR) is 107 cm³/mol. The normalized spacial score (nSPS) is 11.6. The van der Waals surface area contributed by atoms with E-state index in [2.05, 4.69) is 5.32 Å². The zero-order valence-corrected chi connectivity index (χ0v) is 15.5. The van der Waals surface area contributed by atoms with Crippen molar-refractivity contribution >= 4 is 23.0 Å². The van der Waals surface area contributed by atoms with Crippen molar-refractivity contribution in [3.05, 3.63) is 75.3 Å². The van der Waals surface area contributed by atoms with Crippen molar-refractivity contribution in [2.24, 2.45) is 0 Å². The minimum absolute atomic E-state index is 0.0645. The Bertz CT molecular complexity index is 1190. The first-order valence-electron chi connectivity index (χ1n) is 8.96. The maximum absolute atomic E-state index is 11.5. The summed E-state index contributed by atoms with van der Waals surface area (Å²) in [6.45, 7) is 0. The van der Waals surface area contributed by atoms with Crippen molar-refractivity contribution in [1.29, 1.82) is 0 Å². The molecule has 3 aromatic carbocycles. The Kier molecular flexibility index (Phi) is 4.63. The Morgan fingerprint density at radius 3 is 2.33 bits per heavy atom. The average molecular weight is 408 g/mol. The van der Waals surface area contributed by atoms with Gasteiger partial charge in [0.25, 0.3) is 5.69 Å². The van der Waals surface area contributed by atoms with Crippen LogP contribution in [0.3, 0.4) is 0 Å². The van der Waals surface area contributed by atoms with Crippen LogP contribution in [0.1, 0.15) is 21.5 Å². The molecule has 0 aromatic heterocycles. The first kappa shape index (κ1) is 19.1. The molecule has 0 amide bonds. The van der Waals surface area contributed by atoms with Crippen LogP contribution < -0.4 is 10.1 Å². The van der Waals surface area contributed by atoms with Gasteiger partial charge in [-0.05, 0) is 48.2 Å². The van der Waals surface area contributed by atoms with Crippen LogP contribution in [0.15, 0.2) is 48.5 Å². The summed E-state index contributed by atoms with van der Waals surface area (Å²) in [7, 11) is 0. The van der Waals surface area contributed by atoms with Gasteiger partial charge in [-0.25, -0.2) is 4.79 Å². The summed E-state index contributed by atoms with van der Waals surface area (Å²) in [6, 6.07) is 12.2. The molecule has 0 radical (unpaired) electrons. The number of carboxylic acid groups (broad SMARTS) is 1. The lowest BCUT2D eigenvalue weighted by molar-refractivity contribution is -0.384. The lowest BCUT2D eigenvalue weighted by atomic mass is 10.0. The standard InChI is InChI=1S/C21H16N2O7/c24-16-6-4-11(7-17(16)25)1-2-12-3-5-15-18(8-12)30-19-10-13(23(28)29)9-14(21(26)27)20(19)22-15/h3-10,22,24-25H,1-2H2,(H,26,27). The molecule has 9 nitrogen and oxygen atoms in total. The van der Waals surface area contributed by atoms with E-state index < -0.39 is 10.9 Å². The number of nitro groups is 1. The second kappa shape index (κ2) is 7.28. The van der Waals surface area contributed by atoms with Crippen molar-refractivity contribution in [3.8, 4) is 23.0 Å². The van der Waals surface area contributed by atoms with E-state index in [1.54, 1.807) is 18.2 Å². The Morgan fingerprint density at radius 2 is 1.67 bits per heavy atom. The van der Waals surface area contributed by atoms with Crippen LogP contribution >= 0.6 is 0 Å². The first-order chi connectivity index (χ1) is 14.3. The highest BCUT2D eigenvalue weighted by atomic mass is 16.6. The van der Waals surface area contributed by atoms with E-state index in [9.17, 15) is 30.2 Å². The fraction of sp³-hybridized carbons (Fsp3) is 0.0952. The lowest BCUT2D eigenvalue weighted by Crippen LogP contribution is -2.10. The summed E-state index contributed by atoms with van der Waals surface area (Å²) in [5.74, 6) is -1.18. The number of aromatic hydroxyl groups is 2.